The maximum absolute atomic E-state index is 12.5. The smallest absolute Gasteiger partial charge is 0.251 e. The van der Waals surface area contributed by atoms with Gasteiger partial charge in [0.25, 0.3) is 5.91 Å². The number of amides is 1. The van der Waals surface area contributed by atoms with Gasteiger partial charge < -0.3 is 18.9 Å². The Hall–Kier alpha value is -2.70. The predicted molar refractivity (Wildman–Crippen MR) is 107 cm³/mol. The Bertz CT molecular complexity index is 947. The number of ether oxygens (including phenoxy) is 2. The van der Waals surface area contributed by atoms with Crippen molar-refractivity contribution < 1.29 is 14.3 Å². The maximum atomic E-state index is 12.5. The number of pyridine rings is 1. The van der Waals surface area contributed by atoms with Gasteiger partial charge in [0.05, 0.1) is 31.5 Å². The van der Waals surface area contributed by atoms with Crippen LogP contribution in [0.15, 0.2) is 55.0 Å². The van der Waals surface area contributed by atoms with E-state index in [-0.39, 0.29) is 5.91 Å². The van der Waals surface area contributed by atoms with Crippen LogP contribution in [-0.2, 0) is 27.4 Å². The van der Waals surface area contributed by atoms with Gasteiger partial charge in [0, 0.05) is 37.4 Å². The Morgan fingerprint density at radius 1 is 1.21 bits per heavy atom. The summed E-state index contributed by atoms with van der Waals surface area (Å²) in [4.78, 5) is 18.5. The lowest BCUT2D eigenvalue weighted by Crippen LogP contribution is -2.45. The summed E-state index contributed by atoms with van der Waals surface area (Å²) in [5, 5.41) is 1.19. The molecule has 1 aromatic carbocycles. The van der Waals surface area contributed by atoms with Gasteiger partial charge in [0.1, 0.15) is 6.10 Å². The van der Waals surface area contributed by atoms with Crippen LogP contribution < -0.4 is 0 Å². The first kappa shape index (κ1) is 18.7. The zero-order valence-electron chi connectivity index (χ0n) is 16.1. The number of rotatable bonds is 6. The quantitative estimate of drug-likeness (QED) is 0.661. The van der Waals surface area contributed by atoms with Gasteiger partial charge in [-0.3, -0.25) is 9.78 Å². The fourth-order valence-corrected chi connectivity index (χ4v) is 3.51. The molecule has 1 aliphatic heterocycles. The number of hydrogen-bond donors (Lipinski definition) is 0. The molecule has 3 heterocycles. The Morgan fingerprint density at radius 2 is 2.04 bits per heavy atom. The van der Waals surface area contributed by atoms with Crippen LogP contribution in [-0.4, -0.2) is 52.8 Å². The van der Waals surface area contributed by atoms with Gasteiger partial charge in [-0.1, -0.05) is 24.3 Å². The minimum absolute atomic E-state index is 0.0331. The van der Waals surface area contributed by atoms with Gasteiger partial charge >= 0.3 is 0 Å². The van der Waals surface area contributed by atoms with Crippen LogP contribution >= 0.6 is 0 Å². The van der Waals surface area contributed by atoms with Crippen LogP contribution in [0.25, 0.3) is 10.9 Å². The summed E-state index contributed by atoms with van der Waals surface area (Å²) in [6, 6.07) is 12.4. The molecule has 3 aromatic rings. The number of morpholine rings is 1. The number of aromatic nitrogens is 2. The van der Waals surface area contributed by atoms with Crippen LogP contribution in [0.1, 0.15) is 18.1 Å². The monoisotopic (exact) mass is 379 g/mol. The third-order valence-electron chi connectivity index (χ3n) is 5.09. The minimum atomic E-state index is -0.457. The standard InChI is InChI=1S/C22H25N3O3/c1-17(22(26)24-9-11-27-12-10-24)28-16-19-4-2-3-18(13-19)15-25-8-6-20-5-7-23-14-21(20)25/h2-8,13-14,17H,9-12,15-16H2,1H3/t17-/m1/s1. The zero-order chi connectivity index (χ0) is 19.3. The van der Waals surface area contributed by atoms with E-state index in [1.807, 2.05) is 42.4 Å². The highest BCUT2D eigenvalue weighted by Crippen LogP contribution is 2.17. The molecule has 0 bridgehead atoms. The van der Waals surface area contributed by atoms with E-state index in [2.05, 4.69) is 33.9 Å². The van der Waals surface area contributed by atoms with Crippen molar-refractivity contribution in [2.24, 2.45) is 0 Å². The molecule has 1 fully saturated rings. The lowest BCUT2D eigenvalue weighted by atomic mass is 10.1. The Balaban J connectivity index is 1.37. The number of benzene rings is 1. The lowest BCUT2D eigenvalue weighted by Gasteiger charge is -2.29. The molecule has 1 aliphatic rings. The summed E-state index contributed by atoms with van der Waals surface area (Å²) < 4.78 is 13.3. The summed E-state index contributed by atoms with van der Waals surface area (Å²) in [7, 11) is 0. The van der Waals surface area contributed by atoms with Gasteiger partial charge in [-0.2, -0.15) is 0 Å². The van der Waals surface area contributed by atoms with Crippen molar-refractivity contribution in [3.8, 4) is 0 Å². The summed E-state index contributed by atoms with van der Waals surface area (Å²) in [6.45, 7) is 5.49. The van der Waals surface area contributed by atoms with Gasteiger partial charge in [-0.15, -0.1) is 0 Å². The van der Waals surface area contributed by atoms with E-state index in [9.17, 15) is 4.79 Å². The number of nitrogens with zero attached hydrogens (tertiary/aromatic N) is 3. The van der Waals surface area contributed by atoms with E-state index in [1.54, 1.807) is 0 Å². The van der Waals surface area contributed by atoms with Crippen molar-refractivity contribution >= 4 is 16.8 Å². The summed E-state index contributed by atoms with van der Waals surface area (Å²) in [6.07, 6.45) is 5.32. The molecule has 2 aromatic heterocycles. The molecule has 0 aliphatic carbocycles. The maximum Gasteiger partial charge on any atom is 0.251 e. The third kappa shape index (κ3) is 4.24. The Morgan fingerprint density at radius 3 is 2.89 bits per heavy atom. The first-order valence-corrected chi connectivity index (χ1v) is 9.65. The van der Waals surface area contributed by atoms with Gasteiger partial charge in [-0.05, 0) is 30.2 Å². The molecule has 0 unspecified atom stereocenters. The second kappa shape index (κ2) is 8.54. The zero-order valence-corrected chi connectivity index (χ0v) is 16.1. The normalized spacial score (nSPS) is 15.7. The minimum Gasteiger partial charge on any atom is -0.378 e. The van der Waals surface area contributed by atoms with Crippen molar-refractivity contribution in [3.63, 3.8) is 0 Å². The molecule has 0 saturated carbocycles. The fraction of sp³-hybridized carbons (Fsp3) is 0.364. The van der Waals surface area contributed by atoms with Crippen molar-refractivity contribution in [1.82, 2.24) is 14.5 Å². The predicted octanol–water partition coefficient (Wildman–Crippen LogP) is 2.85. The van der Waals surface area contributed by atoms with Crippen molar-refractivity contribution in [2.45, 2.75) is 26.2 Å². The highest BCUT2D eigenvalue weighted by molar-refractivity contribution is 5.80. The molecule has 6 nitrogen and oxygen atoms in total. The molecule has 1 amide bonds. The molecule has 1 atom stereocenters. The number of fused-ring (bicyclic) bond motifs is 1. The van der Waals surface area contributed by atoms with E-state index in [4.69, 9.17) is 9.47 Å². The molecular formula is C22H25N3O3. The number of carbonyl (C=O) groups is 1. The molecule has 146 valence electrons. The first-order valence-electron chi connectivity index (χ1n) is 9.65. The van der Waals surface area contributed by atoms with Crippen molar-refractivity contribution in [1.29, 1.82) is 0 Å². The molecule has 0 spiro atoms. The number of carbonyl (C=O) groups excluding carboxylic acids is 1. The lowest BCUT2D eigenvalue weighted by molar-refractivity contribution is -0.147. The topological polar surface area (TPSA) is 56.6 Å². The molecule has 1 saturated heterocycles. The van der Waals surface area contributed by atoms with Gasteiger partial charge in [-0.25, -0.2) is 0 Å². The highest BCUT2D eigenvalue weighted by atomic mass is 16.5. The summed E-state index contributed by atoms with van der Waals surface area (Å²) in [5.41, 5.74) is 3.37. The van der Waals surface area contributed by atoms with Crippen LogP contribution in [0.4, 0.5) is 0 Å². The van der Waals surface area contributed by atoms with Crippen molar-refractivity contribution in [3.05, 3.63) is 66.1 Å². The Kier molecular flexibility index (Phi) is 5.69. The Labute approximate surface area is 164 Å². The van der Waals surface area contributed by atoms with E-state index in [1.165, 1.54) is 10.9 Å². The number of hydrogen-bond acceptors (Lipinski definition) is 4. The molecule has 0 radical (unpaired) electrons. The summed E-state index contributed by atoms with van der Waals surface area (Å²) >= 11 is 0. The van der Waals surface area contributed by atoms with Gasteiger partial charge in [0.15, 0.2) is 0 Å². The van der Waals surface area contributed by atoms with Crippen LogP contribution in [0.3, 0.4) is 0 Å². The SMILES string of the molecule is C[C@@H](OCc1cccc(Cn2ccc3ccncc32)c1)C(=O)N1CCOCC1. The highest BCUT2D eigenvalue weighted by Gasteiger charge is 2.22. The van der Waals surface area contributed by atoms with Crippen LogP contribution in [0, 0.1) is 0 Å². The van der Waals surface area contributed by atoms with E-state index in [0.717, 1.165) is 17.6 Å². The first-order chi connectivity index (χ1) is 13.7. The van der Waals surface area contributed by atoms with E-state index >= 15 is 0 Å². The van der Waals surface area contributed by atoms with Crippen molar-refractivity contribution in [2.75, 3.05) is 26.3 Å². The molecule has 4 rings (SSSR count). The summed E-state index contributed by atoms with van der Waals surface area (Å²) in [5.74, 6) is 0.0331. The van der Waals surface area contributed by atoms with Gasteiger partial charge in [0.2, 0.25) is 0 Å². The molecular weight excluding hydrogens is 354 g/mol. The fourth-order valence-electron chi connectivity index (χ4n) is 3.51. The second-order valence-electron chi connectivity index (χ2n) is 7.09. The molecule has 6 heteroatoms. The average molecular weight is 379 g/mol. The van der Waals surface area contributed by atoms with Crippen LogP contribution in [0.5, 0.6) is 0 Å². The average Bonchev–Trinajstić information content (AvgIpc) is 3.15. The van der Waals surface area contributed by atoms with Crippen LogP contribution in [0.2, 0.25) is 0 Å². The third-order valence-corrected chi connectivity index (χ3v) is 5.09. The largest absolute Gasteiger partial charge is 0.378 e. The second-order valence-corrected chi connectivity index (χ2v) is 7.09. The molecule has 0 N–H and O–H groups in total. The van der Waals surface area contributed by atoms with E-state index < -0.39 is 6.10 Å². The van der Waals surface area contributed by atoms with E-state index in [0.29, 0.717) is 32.9 Å². The molecule has 28 heavy (non-hydrogen) atoms.